The Morgan fingerprint density at radius 3 is 1.86 bits per heavy atom. The van der Waals surface area contributed by atoms with Gasteiger partial charge in [-0.1, -0.05) is 67.3 Å². The summed E-state index contributed by atoms with van der Waals surface area (Å²) in [4.78, 5) is 107. The standard InChI is InChI=1S/C60H59N3O14S/c1-6-72-48(64)33-78-34-60(4,5)58(70)76-31-29-73-38-11-7-36(8-12-38)23-26-62-53(65)44-19-15-40-42-17-21-46-52-47(22-18-43(50(42)52)41-16-20-45(54(62)66)51(44)49(40)41)56(68)63(55(46)67)27-24-37-9-13-39(14-10-37)74-30-32-77-59(71)61-25-28-75-57(69)35(2)3/h7-22,42,47H,2,6,23-34H2,1,3-5H3,(H,61,71). The van der Waals surface area contributed by atoms with Gasteiger partial charge in [-0.15, -0.1) is 11.8 Å². The Hall–Kier alpha value is -8.25. The number of thioether (sulfide) groups is 1. The highest BCUT2D eigenvalue weighted by molar-refractivity contribution is 8.00. The molecule has 2 unspecified atom stereocenters. The summed E-state index contributed by atoms with van der Waals surface area (Å²) in [5, 5.41) is 3.89. The minimum Gasteiger partial charge on any atom is -0.490 e. The molecular formula is C60H59N3O14S. The number of hydrogen-bond acceptors (Lipinski definition) is 15. The molecular weight excluding hydrogens is 1020 g/mol. The highest BCUT2D eigenvalue weighted by Crippen LogP contribution is 2.55. The minimum absolute atomic E-state index is 0.0138. The molecule has 78 heavy (non-hydrogen) atoms. The van der Waals surface area contributed by atoms with Crippen molar-refractivity contribution >= 4 is 75.7 Å². The summed E-state index contributed by atoms with van der Waals surface area (Å²) in [6.45, 7) is 11.2. The lowest BCUT2D eigenvalue weighted by Crippen LogP contribution is -2.48. The third kappa shape index (κ3) is 11.4. The molecule has 0 saturated heterocycles. The quantitative estimate of drug-likeness (QED) is 0.0235. The fourth-order valence-corrected chi connectivity index (χ4v) is 11.0. The molecule has 9 rings (SSSR count). The summed E-state index contributed by atoms with van der Waals surface area (Å²) in [7, 11) is 0. The maximum atomic E-state index is 14.3. The van der Waals surface area contributed by atoms with Gasteiger partial charge in [0.1, 0.15) is 44.5 Å². The number of carbonyl (C=O) groups excluding carboxylic acids is 8. The van der Waals surface area contributed by atoms with Gasteiger partial charge in [-0.2, -0.15) is 0 Å². The molecule has 0 aromatic heterocycles. The maximum Gasteiger partial charge on any atom is 0.407 e. The molecule has 0 bridgehead atoms. The average molecular weight is 1080 g/mol. The number of fused-ring (bicyclic) bond motifs is 2. The van der Waals surface area contributed by atoms with Crippen molar-refractivity contribution in [3.8, 4) is 11.5 Å². The van der Waals surface area contributed by atoms with E-state index in [4.69, 9.17) is 28.4 Å². The number of allylic oxidation sites excluding steroid dienone is 4. The van der Waals surface area contributed by atoms with Crippen LogP contribution in [0, 0.1) is 11.3 Å². The van der Waals surface area contributed by atoms with E-state index in [2.05, 4.69) is 11.9 Å². The lowest BCUT2D eigenvalue weighted by atomic mass is 9.64. The van der Waals surface area contributed by atoms with Crippen LogP contribution in [0.2, 0.25) is 0 Å². The van der Waals surface area contributed by atoms with Crippen molar-refractivity contribution in [1.82, 2.24) is 15.1 Å². The Bertz CT molecular complexity index is 3240. The van der Waals surface area contributed by atoms with Crippen LogP contribution in [0.4, 0.5) is 4.79 Å². The summed E-state index contributed by atoms with van der Waals surface area (Å²) in [6.07, 6.45) is 7.72. The Morgan fingerprint density at radius 1 is 0.641 bits per heavy atom. The van der Waals surface area contributed by atoms with E-state index in [1.165, 1.54) is 28.5 Å². The molecule has 18 heteroatoms. The van der Waals surface area contributed by atoms with Gasteiger partial charge in [0.15, 0.2) is 0 Å². The molecule has 5 amide bonds. The molecule has 0 spiro atoms. The number of nitrogens with zero attached hydrogens (tertiary/aromatic N) is 2. The molecule has 5 aliphatic rings. The van der Waals surface area contributed by atoms with Crippen LogP contribution < -0.4 is 14.8 Å². The van der Waals surface area contributed by atoms with Gasteiger partial charge in [0, 0.05) is 52.4 Å². The predicted octanol–water partition coefficient (Wildman–Crippen LogP) is 7.66. The second-order valence-corrected chi connectivity index (χ2v) is 20.8. The molecule has 2 aliphatic heterocycles. The number of hydrogen-bond donors (Lipinski definition) is 1. The van der Waals surface area contributed by atoms with E-state index in [1.807, 2.05) is 60.7 Å². The van der Waals surface area contributed by atoms with Crippen molar-refractivity contribution in [2.75, 3.05) is 70.8 Å². The monoisotopic (exact) mass is 1080 g/mol. The number of esters is 3. The van der Waals surface area contributed by atoms with Crippen molar-refractivity contribution in [2.24, 2.45) is 11.3 Å². The van der Waals surface area contributed by atoms with Crippen molar-refractivity contribution in [3.63, 3.8) is 0 Å². The third-order valence-corrected chi connectivity index (χ3v) is 15.3. The Balaban J connectivity index is 0.789. The van der Waals surface area contributed by atoms with Gasteiger partial charge in [0.05, 0.1) is 30.2 Å². The van der Waals surface area contributed by atoms with Crippen LogP contribution in [0.15, 0.2) is 126 Å². The number of alkyl carbamates (subject to hydrolysis) is 1. The van der Waals surface area contributed by atoms with Gasteiger partial charge >= 0.3 is 24.0 Å². The highest BCUT2D eigenvalue weighted by atomic mass is 32.2. The first-order valence-electron chi connectivity index (χ1n) is 25.8. The maximum absolute atomic E-state index is 14.3. The smallest absolute Gasteiger partial charge is 0.407 e. The fraction of sp³-hybridized carbons (Fsp3) is 0.333. The van der Waals surface area contributed by atoms with Gasteiger partial charge in [0.25, 0.3) is 17.7 Å². The van der Waals surface area contributed by atoms with Crippen molar-refractivity contribution < 1.29 is 66.8 Å². The lowest BCUT2D eigenvalue weighted by Gasteiger charge is -2.42. The van der Waals surface area contributed by atoms with Crippen molar-refractivity contribution in [2.45, 2.75) is 46.5 Å². The second-order valence-electron chi connectivity index (χ2n) is 19.8. The Labute approximate surface area is 455 Å². The molecule has 0 fully saturated rings. The van der Waals surface area contributed by atoms with Gasteiger partial charge in [-0.3, -0.25) is 38.6 Å². The number of nitrogens with one attached hydrogen (secondary N) is 1. The molecule has 4 aromatic rings. The molecule has 404 valence electrons. The number of imide groups is 2. The van der Waals surface area contributed by atoms with Crippen molar-refractivity contribution in [3.05, 3.63) is 159 Å². The molecule has 17 nitrogen and oxygen atoms in total. The van der Waals surface area contributed by atoms with Crippen LogP contribution >= 0.6 is 11.8 Å². The third-order valence-electron chi connectivity index (χ3n) is 13.9. The zero-order chi connectivity index (χ0) is 55.3. The SMILES string of the molecule is C=C(C)C(=O)OCCNC(=O)OCCOc1ccc(CCN2C(=O)C3=C4C5=C(C=CC4C2=O)c2ccc4c6c(ccc(c26)C5C=C3)C(=O)N(CCc2ccc(OCCOC(=O)C(C)(C)CSCC(=O)OCC)cc2)C4=O)cc1. The van der Waals surface area contributed by atoms with E-state index in [1.54, 1.807) is 57.2 Å². The topological polar surface area (TPSA) is 210 Å². The number of benzene rings is 4. The molecule has 1 N–H and O–H groups in total. The van der Waals surface area contributed by atoms with Crippen LogP contribution in [0.5, 0.6) is 11.5 Å². The summed E-state index contributed by atoms with van der Waals surface area (Å²) in [6, 6.07) is 21.9. The van der Waals surface area contributed by atoms with E-state index >= 15 is 0 Å². The molecule has 4 aromatic carbocycles. The van der Waals surface area contributed by atoms with Gasteiger partial charge < -0.3 is 33.7 Å². The lowest BCUT2D eigenvalue weighted by molar-refractivity contribution is -0.153. The van der Waals surface area contributed by atoms with Gasteiger partial charge in [-0.05, 0) is 121 Å². The summed E-state index contributed by atoms with van der Waals surface area (Å²) >= 11 is 1.32. The average Bonchev–Trinajstić information content (AvgIpc) is 3.19. The first-order valence-corrected chi connectivity index (χ1v) is 27.0. The zero-order valence-electron chi connectivity index (χ0n) is 43.8. The normalized spacial score (nSPS) is 16.8. The number of carbonyl (C=O) groups is 8. The molecule has 0 radical (unpaired) electrons. The van der Waals surface area contributed by atoms with Crippen LogP contribution in [0.1, 0.15) is 76.6 Å². The van der Waals surface area contributed by atoms with Crippen LogP contribution in [-0.2, 0) is 55.8 Å². The second kappa shape index (κ2) is 23.6. The highest BCUT2D eigenvalue weighted by Gasteiger charge is 2.47. The Kier molecular flexibility index (Phi) is 16.5. The largest absolute Gasteiger partial charge is 0.490 e. The van der Waals surface area contributed by atoms with E-state index in [9.17, 15) is 38.4 Å². The van der Waals surface area contributed by atoms with Crippen LogP contribution in [-0.4, -0.2) is 128 Å². The van der Waals surface area contributed by atoms with Crippen molar-refractivity contribution in [1.29, 1.82) is 0 Å². The number of amides is 5. The molecule has 2 heterocycles. The minimum atomic E-state index is -0.801. The van der Waals surface area contributed by atoms with Crippen LogP contribution in [0.3, 0.4) is 0 Å². The molecule has 3 aliphatic carbocycles. The predicted molar refractivity (Wildman–Crippen MR) is 290 cm³/mol. The zero-order valence-corrected chi connectivity index (χ0v) is 44.6. The van der Waals surface area contributed by atoms with Gasteiger partial charge in [-0.25, -0.2) is 9.59 Å². The fourth-order valence-electron chi connectivity index (χ4n) is 10.1. The van der Waals surface area contributed by atoms with E-state index in [-0.39, 0.29) is 99.5 Å². The van der Waals surface area contributed by atoms with E-state index in [0.29, 0.717) is 64.4 Å². The molecule has 2 atom stereocenters. The number of rotatable bonds is 24. The first kappa shape index (κ1) is 54.5. The van der Waals surface area contributed by atoms with E-state index in [0.717, 1.165) is 38.8 Å². The summed E-state index contributed by atoms with van der Waals surface area (Å²) in [5.41, 5.74) is 6.72. The summed E-state index contributed by atoms with van der Waals surface area (Å²) in [5.74, 6) is -2.02. The molecule has 0 saturated carbocycles. The summed E-state index contributed by atoms with van der Waals surface area (Å²) < 4.78 is 31.9. The number of ether oxygens (including phenoxy) is 6. The first-order chi connectivity index (χ1) is 37.6. The van der Waals surface area contributed by atoms with Gasteiger partial charge in [0.2, 0.25) is 5.91 Å². The Morgan fingerprint density at radius 2 is 1.22 bits per heavy atom. The van der Waals surface area contributed by atoms with Crippen LogP contribution in [0.25, 0.3) is 16.3 Å². The van der Waals surface area contributed by atoms with E-state index < -0.39 is 29.4 Å².